The summed E-state index contributed by atoms with van der Waals surface area (Å²) in [5, 5.41) is 17.2. The molecule has 0 bridgehead atoms. The third kappa shape index (κ3) is 4.87. The molecular weight excluding hydrogens is 316 g/mol. The van der Waals surface area contributed by atoms with E-state index in [0.29, 0.717) is 13.0 Å². The highest BCUT2D eigenvalue weighted by atomic mass is 35.5. The number of nitrogens with one attached hydrogen (secondary N) is 2. The van der Waals surface area contributed by atoms with E-state index in [1.54, 1.807) is 4.68 Å². The zero-order valence-electron chi connectivity index (χ0n) is 12.6. The van der Waals surface area contributed by atoms with E-state index >= 15 is 0 Å². The van der Waals surface area contributed by atoms with E-state index in [0.717, 1.165) is 30.8 Å². The summed E-state index contributed by atoms with van der Waals surface area (Å²) < 4.78 is 1.58. The van der Waals surface area contributed by atoms with Crippen LogP contribution in [0.15, 0.2) is 42.2 Å². The number of hydrogen-bond donors (Lipinski definition) is 2. The maximum absolute atomic E-state index is 12.0. The Morgan fingerprint density at radius 2 is 2.13 bits per heavy atom. The van der Waals surface area contributed by atoms with Crippen LogP contribution in [0.1, 0.15) is 12.0 Å². The lowest BCUT2D eigenvalue weighted by Crippen LogP contribution is -2.30. The number of aromatic nitrogens is 4. The van der Waals surface area contributed by atoms with Crippen LogP contribution in [-0.2, 0) is 11.2 Å². The molecule has 2 heterocycles. The number of rotatable bonds is 5. The van der Waals surface area contributed by atoms with Gasteiger partial charge in [-0.3, -0.25) is 4.79 Å². The Balaban J connectivity index is 0.00000192. The molecule has 0 saturated heterocycles. The first-order valence-electron chi connectivity index (χ1n) is 7.29. The van der Waals surface area contributed by atoms with Gasteiger partial charge in [0.05, 0.1) is 12.1 Å². The number of tetrazole rings is 1. The number of nitrogens with zero attached hydrogens (tertiary/aromatic N) is 4. The molecule has 23 heavy (non-hydrogen) atoms. The first kappa shape index (κ1) is 17.1. The Kier molecular flexibility index (Phi) is 6.25. The minimum Gasteiger partial charge on any atom is -0.352 e. The molecular formula is C15H19ClN6O. The van der Waals surface area contributed by atoms with Crippen LogP contribution in [-0.4, -0.2) is 45.7 Å². The van der Waals surface area contributed by atoms with Gasteiger partial charge in [0, 0.05) is 13.1 Å². The van der Waals surface area contributed by atoms with E-state index in [-0.39, 0.29) is 18.3 Å². The number of hydrogen-bond acceptors (Lipinski definition) is 5. The van der Waals surface area contributed by atoms with Crippen molar-refractivity contribution in [3.63, 3.8) is 0 Å². The second kappa shape index (κ2) is 8.40. The van der Waals surface area contributed by atoms with E-state index < -0.39 is 0 Å². The van der Waals surface area contributed by atoms with Crippen molar-refractivity contribution < 1.29 is 4.79 Å². The van der Waals surface area contributed by atoms with Crippen LogP contribution >= 0.6 is 12.4 Å². The second-order valence-corrected chi connectivity index (χ2v) is 5.19. The molecule has 1 amide bonds. The lowest BCUT2D eigenvalue weighted by atomic mass is 10.1. The van der Waals surface area contributed by atoms with Gasteiger partial charge in [0.15, 0.2) is 0 Å². The van der Waals surface area contributed by atoms with Crippen LogP contribution in [0.3, 0.4) is 0 Å². The predicted octanol–water partition coefficient (Wildman–Crippen LogP) is 0.662. The Morgan fingerprint density at radius 1 is 1.30 bits per heavy atom. The van der Waals surface area contributed by atoms with Gasteiger partial charge in [-0.2, -0.15) is 0 Å². The molecule has 1 aliphatic rings. The zero-order valence-corrected chi connectivity index (χ0v) is 13.4. The van der Waals surface area contributed by atoms with E-state index in [2.05, 4.69) is 32.2 Å². The van der Waals surface area contributed by atoms with Crippen molar-refractivity contribution in [3.05, 3.63) is 47.8 Å². The molecule has 122 valence electrons. The lowest BCUT2D eigenvalue weighted by Gasteiger charge is -2.14. The number of amides is 1. The topological polar surface area (TPSA) is 84.7 Å². The number of carbonyl (C=O) groups is 1. The van der Waals surface area contributed by atoms with Gasteiger partial charge in [0.2, 0.25) is 5.91 Å². The highest BCUT2D eigenvalue weighted by Gasteiger charge is 2.07. The summed E-state index contributed by atoms with van der Waals surface area (Å²) in [5.74, 6) is 0.0367. The molecule has 7 nitrogen and oxygen atoms in total. The van der Waals surface area contributed by atoms with Gasteiger partial charge < -0.3 is 10.6 Å². The van der Waals surface area contributed by atoms with Crippen molar-refractivity contribution in [1.82, 2.24) is 30.8 Å². The van der Waals surface area contributed by atoms with Gasteiger partial charge in [-0.05, 0) is 41.1 Å². The highest BCUT2D eigenvalue weighted by molar-refractivity contribution is 5.85. The van der Waals surface area contributed by atoms with Gasteiger partial charge in [-0.1, -0.05) is 23.8 Å². The average molecular weight is 335 g/mol. The van der Waals surface area contributed by atoms with E-state index in [1.165, 1.54) is 11.9 Å². The molecule has 0 atom stereocenters. The van der Waals surface area contributed by atoms with Crippen molar-refractivity contribution in [2.24, 2.45) is 0 Å². The highest BCUT2D eigenvalue weighted by Crippen LogP contribution is 2.08. The summed E-state index contributed by atoms with van der Waals surface area (Å²) in [7, 11) is 0. The Hall–Kier alpha value is -2.25. The van der Waals surface area contributed by atoms with Gasteiger partial charge in [0.1, 0.15) is 6.33 Å². The molecule has 2 aromatic rings. The van der Waals surface area contributed by atoms with Crippen LogP contribution in [0.4, 0.5) is 0 Å². The first-order chi connectivity index (χ1) is 10.8. The molecule has 1 aliphatic heterocycles. The zero-order chi connectivity index (χ0) is 15.2. The van der Waals surface area contributed by atoms with Crippen LogP contribution in [0.25, 0.3) is 5.69 Å². The van der Waals surface area contributed by atoms with Gasteiger partial charge in [-0.25, -0.2) is 4.68 Å². The van der Waals surface area contributed by atoms with Crippen molar-refractivity contribution in [2.45, 2.75) is 12.8 Å². The molecule has 0 spiro atoms. The Morgan fingerprint density at radius 3 is 2.78 bits per heavy atom. The van der Waals surface area contributed by atoms with Crippen LogP contribution in [0.2, 0.25) is 0 Å². The minimum absolute atomic E-state index is 0. The van der Waals surface area contributed by atoms with Gasteiger partial charge in [-0.15, -0.1) is 17.5 Å². The third-order valence-corrected chi connectivity index (χ3v) is 3.59. The Bertz CT molecular complexity index is 653. The summed E-state index contributed by atoms with van der Waals surface area (Å²) in [6.45, 7) is 2.52. The molecule has 8 heteroatoms. The Labute approximate surface area is 140 Å². The number of benzene rings is 1. The maximum atomic E-state index is 12.0. The fourth-order valence-corrected chi connectivity index (χ4v) is 2.34. The summed E-state index contributed by atoms with van der Waals surface area (Å²) in [5.41, 5.74) is 3.13. The lowest BCUT2D eigenvalue weighted by molar-refractivity contribution is -0.120. The van der Waals surface area contributed by atoms with E-state index in [4.69, 9.17) is 0 Å². The minimum atomic E-state index is 0. The molecule has 1 aromatic heterocycles. The smallest absolute Gasteiger partial charge is 0.224 e. The van der Waals surface area contributed by atoms with Crippen LogP contribution in [0, 0.1) is 0 Å². The fourth-order valence-electron chi connectivity index (χ4n) is 2.34. The van der Waals surface area contributed by atoms with Crippen LogP contribution in [0.5, 0.6) is 0 Å². The average Bonchev–Trinajstić information content (AvgIpc) is 3.09. The quantitative estimate of drug-likeness (QED) is 0.785. The molecule has 0 unspecified atom stereocenters. The maximum Gasteiger partial charge on any atom is 0.224 e. The largest absolute Gasteiger partial charge is 0.352 e. The molecule has 0 saturated carbocycles. The number of halogens is 1. The normalized spacial score (nSPS) is 13.8. The molecule has 3 rings (SSSR count). The monoisotopic (exact) mass is 334 g/mol. The van der Waals surface area contributed by atoms with Crippen molar-refractivity contribution in [3.8, 4) is 5.69 Å². The summed E-state index contributed by atoms with van der Waals surface area (Å²) in [4.78, 5) is 12.0. The standard InChI is InChI=1S/C15H18N6O.ClH/c22-15(17-10-13-5-7-16-8-6-13)9-12-1-3-14(4-2-12)21-11-18-19-20-21;/h1-5,11,16H,6-10H2,(H,17,22);1H. The molecule has 0 fully saturated rings. The molecule has 2 N–H and O–H groups in total. The van der Waals surface area contributed by atoms with Gasteiger partial charge >= 0.3 is 0 Å². The van der Waals surface area contributed by atoms with E-state index in [1.807, 2.05) is 24.3 Å². The molecule has 1 aromatic carbocycles. The fraction of sp³-hybridized carbons (Fsp3) is 0.333. The van der Waals surface area contributed by atoms with Crippen molar-refractivity contribution in [2.75, 3.05) is 19.6 Å². The third-order valence-electron chi connectivity index (χ3n) is 3.59. The predicted molar refractivity (Wildman–Crippen MR) is 88.7 cm³/mol. The SMILES string of the molecule is Cl.O=C(Cc1ccc(-n2cnnn2)cc1)NCC1=CCNCC1. The van der Waals surface area contributed by atoms with Crippen molar-refractivity contribution in [1.29, 1.82) is 0 Å². The summed E-state index contributed by atoms with van der Waals surface area (Å²) >= 11 is 0. The van der Waals surface area contributed by atoms with Crippen molar-refractivity contribution >= 4 is 18.3 Å². The summed E-state index contributed by atoms with van der Waals surface area (Å²) in [6, 6.07) is 7.63. The first-order valence-corrected chi connectivity index (χ1v) is 7.29. The summed E-state index contributed by atoms with van der Waals surface area (Å²) in [6.07, 6.45) is 5.06. The van der Waals surface area contributed by atoms with Gasteiger partial charge in [0.25, 0.3) is 0 Å². The molecule has 0 radical (unpaired) electrons. The van der Waals surface area contributed by atoms with Crippen LogP contribution < -0.4 is 10.6 Å². The second-order valence-electron chi connectivity index (χ2n) is 5.19. The number of carbonyl (C=O) groups excluding carboxylic acids is 1. The van der Waals surface area contributed by atoms with E-state index in [9.17, 15) is 4.79 Å². The molecule has 0 aliphatic carbocycles.